The molecule has 0 aliphatic carbocycles. The topological polar surface area (TPSA) is 34.1 Å². The lowest BCUT2D eigenvalue weighted by atomic mass is 9.98. The lowest BCUT2D eigenvalue weighted by Gasteiger charge is -2.37. The summed E-state index contributed by atoms with van der Waals surface area (Å²) < 4.78 is 38.7. The highest BCUT2D eigenvalue weighted by Gasteiger charge is 2.30. The predicted octanol–water partition coefficient (Wildman–Crippen LogP) is 3.36. The van der Waals surface area contributed by atoms with Gasteiger partial charge in [0.2, 0.25) is 0 Å². The highest BCUT2D eigenvalue weighted by Crippen LogP contribution is 2.29. The van der Waals surface area contributed by atoms with Crippen molar-refractivity contribution in [1.29, 1.82) is 0 Å². The van der Waals surface area contributed by atoms with Crippen LogP contribution in [0.5, 0.6) is 0 Å². The zero-order chi connectivity index (χ0) is 20.9. The summed E-state index contributed by atoms with van der Waals surface area (Å²) in [5, 5.41) is 3.52. The van der Waals surface area contributed by atoms with Crippen LogP contribution in [0.25, 0.3) is 0 Å². The highest BCUT2D eigenvalue weighted by molar-refractivity contribution is 14.0. The van der Waals surface area contributed by atoms with Crippen molar-refractivity contribution in [3.8, 4) is 0 Å². The number of halogens is 4. The maximum absolute atomic E-state index is 12.9. The van der Waals surface area contributed by atoms with Crippen LogP contribution in [-0.4, -0.2) is 80.6 Å². The standard InChI is InChI=1S/C21H32F3N5.HI/c1-25-20(26-14-18-6-4-8-27(2)15-18)29-11-9-28(10-12-29)16-17-5-3-7-19(13-17)21(22,23)24;/h3,5,7,13,18H,4,6,8-12,14-16H2,1-2H3,(H,25,26);1H. The molecule has 3 rings (SSSR count). The Labute approximate surface area is 194 Å². The van der Waals surface area contributed by atoms with E-state index in [4.69, 9.17) is 0 Å². The van der Waals surface area contributed by atoms with Crippen LogP contribution in [0.4, 0.5) is 13.2 Å². The number of nitrogens with zero attached hydrogens (tertiary/aromatic N) is 4. The lowest BCUT2D eigenvalue weighted by molar-refractivity contribution is -0.137. The van der Waals surface area contributed by atoms with Crippen molar-refractivity contribution in [2.75, 3.05) is 59.9 Å². The summed E-state index contributed by atoms with van der Waals surface area (Å²) in [5.74, 6) is 1.57. The van der Waals surface area contributed by atoms with E-state index in [9.17, 15) is 13.2 Å². The summed E-state index contributed by atoms with van der Waals surface area (Å²) in [6.07, 6.45) is -1.80. The molecule has 1 N–H and O–H groups in total. The Morgan fingerprint density at radius 2 is 1.90 bits per heavy atom. The molecule has 2 aliphatic heterocycles. The number of piperazine rings is 1. The second-order valence-electron chi connectivity index (χ2n) is 8.16. The van der Waals surface area contributed by atoms with E-state index in [1.165, 1.54) is 31.5 Å². The third-order valence-corrected chi connectivity index (χ3v) is 5.82. The molecule has 2 aliphatic rings. The molecule has 1 unspecified atom stereocenters. The number of benzene rings is 1. The summed E-state index contributed by atoms with van der Waals surface area (Å²) in [7, 11) is 3.98. The molecule has 30 heavy (non-hydrogen) atoms. The first-order valence-corrected chi connectivity index (χ1v) is 10.4. The van der Waals surface area contributed by atoms with Crippen molar-refractivity contribution >= 4 is 29.9 Å². The van der Waals surface area contributed by atoms with Crippen molar-refractivity contribution in [1.82, 2.24) is 20.0 Å². The molecule has 0 aromatic heterocycles. The van der Waals surface area contributed by atoms with E-state index in [1.54, 1.807) is 6.07 Å². The van der Waals surface area contributed by atoms with Gasteiger partial charge in [0, 0.05) is 52.9 Å². The zero-order valence-electron chi connectivity index (χ0n) is 17.8. The van der Waals surface area contributed by atoms with Gasteiger partial charge in [-0.1, -0.05) is 18.2 Å². The van der Waals surface area contributed by atoms with E-state index in [0.717, 1.165) is 51.3 Å². The van der Waals surface area contributed by atoms with Crippen LogP contribution in [0.15, 0.2) is 29.3 Å². The Kier molecular flexibility index (Phi) is 9.67. The number of alkyl halides is 3. The van der Waals surface area contributed by atoms with Gasteiger partial charge in [0.25, 0.3) is 0 Å². The fraction of sp³-hybridized carbons (Fsp3) is 0.667. The van der Waals surface area contributed by atoms with Crippen LogP contribution in [0.2, 0.25) is 0 Å². The quantitative estimate of drug-likeness (QED) is 0.362. The number of aliphatic imine (C=N–C) groups is 1. The number of hydrogen-bond acceptors (Lipinski definition) is 3. The van der Waals surface area contributed by atoms with Gasteiger partial charge in [0.15, 0.2) is 5.96 Å². The van der Waals surface area contributed by atoms with Crippen molar-refractivity contribution < 1.29 is 13.2 Å². The van der Waals surface area contributed by atoms with Crippen LogP contribution in [0, 0.1) is 5.92 Å². The SMILES string of the molecule is CN=C(NCC1CCCN(C)C1)N1CCN(Cc2cccc(C(F)(F)F)c2)CC1.I. The summed E-state index contributed by atoms with van der Waals surface area (Å²) in [5.41, 5.74) is 0.129. The van der Waals surface area contributed by atoms with Crippen LogP contribution < -0.4 is 5.32 Å². The Balaban J connectivity index is 0.00000320. The maximum Gasteiger partial charge on any atom is 0.416 e. The first-order chi connectivity index (χ1) is 13.8. The summed E-state index contributed by atoms with van der Waals surface area (Å²) >= 11 is 0. The average Bonchev–Trinajstić information content (AvgIpc) is 2.69. The van der Waals surface area contributed by atoms with E-state index >= 15 is 0 Å². The van der Waals surface area contributed by atoms with Crippen molar-refractivity contribution in [2.45, 2.75) is 25.6 Å². The summed E-state index contributed by atoms with van der Waals surface area (Å²) in [6, 6.07) is 5.64. The smallest absolute Gasteiger partial charge is 0.356 e. The largest absolute Gasteiger partial charge is 0.416 e. The van der Waals surface area contributed by atoms with Gasteiger partial charge >= 0.3 is 6.18 Å². The van der Waals surface area contributed by atoms with Gasteiger partial charge in [0.05, 0.1) is 5.56 Å². The molecule has 5 nitrogen and oxygen atoms in total. The molecule has 2 heterocycles. The third-order valence-electron chi connectivity index (χ3n) is 5.82. The van der Waals surface area contributed by atoms with Crippen molar-refractivity contribution in [3.05, 3.63) is 35.4 Å². The van der Waals surface area contributed by atoms with Crippen LogP contribution in [0.3, 0.4) is 0 Å². The van der Waals surface area contributed by atoms with Gasteiger partial charge in [-0.15, -0.1) is 24.0 Å². The predicted molar refractivity (Wildman–Crippen MR) is 125 cm³/mol. The molecular weight excluding hydrogens is 506 g/mol. The molecule has 0 saturated carbocycles. The average molecular weight is 539 g/mol. The first kappa shape index (κ1) is 25.2. The molecule has 0 bridgehead atoms. The number of piperidine rings is 1. The Morgan fingerprint density at radius 3 is 2.53 bits per heavy atom. The van der Waals surface area contributed by atoms with Gasteiger partial charge in [0.1, 0.15) is 0 Å². The maximum atomic E-state index is 12.9. The molecule has 2 fully saturated rings. The molecule has 0 spiro atoms. The van der Waals surface area contributed by atoms with E-state index in [-0.39, 0.29) is 24.0 Å². The molecular formula is C21H33F3IN5. The first-order valence-electron chi connectivity index (χ1n) is 10.4. The minimum absolute atomic E-state index is 0. The van der Waals surface area contributed by atoms with E-state index in [2.05, 4.69) is 32.1 Å². The van der Waals surface area contributed by atoms with Gasteiger partial charge in [-0.05, 0) is 44.0 Å². The number of likely N-dealkylation sites (tertiary alicyclic amines) is 1. The monoisotopic (exact) mass is 539 g/mol. The fourth-order valence-electron chi connectivity index (χ4n) is 4.23. The molecule has 1 aromatic rings. The van der Waals surface area contributed by atoms with E-state index in [1.807, 2.05) is 7.05 Å². The molecule has 1 atom stereocenters. The number of hydrogen-bond donors (Lipinski definition) is 1. The second kappa shape index (κ2) is 11.5. The Morgan fingerprint density at radius 1 is 1.17 bits per heavy atom. The number of rotatable bonds is 4. The normalized spacial score (nSPS) is 22.0. The molecule has 170 valence electrons. The molecule has 1 aromatic carbocycles. The Bertz CT molecular complexity index is 689. The van der Waals surface area contributed by atoms with E-state index in [0.29, 0.717) is 18.0 Å². The molecule has 0 amide bonds. The van der Waals surface area contributed by atoms with Gasteiger partial charge in [-0.25, -0.2) is 0 Å². The highest BCUT2D eigenvalue weighted by atomic mass is 127. The van der Waals surface area contributed by atoms with Gasteiger partial charge < -0.3 is 15.1 Å². The Hall–Kier alpha value is -1.07. The van der Waals surface area contributed by atoms with E-state index < -0.39 is 11.7 Å². The number of nitrogens with one attached hydrogen (secondary N) is 1. The van der Waals surface area contributed by atoms with Crippen LogP contribution in [0.1, 0.15) is 24.0 Å². The second-order valence-corrected chi connectivity index (χ2v) is 8.16. The van der Waals surface area contributed by atoms with Crippen molar-refractivity contribution in [2.24, 2.45) is 10.9 Å². The number of guanidine groups is 1. The molecule has 0 radical (unpaired) electrons. The minimum Gasteiger partial charge on any atom is -0.356 e. The van der Waals surface area contributed by atoms with Crippen molar-refractivity contribution in [3.63, 3.8) is 0 Å². The lowest BCUT2D eigenvalue weighted by Crippen LogP contribution is -2.53. The van der Waals surface area contributed by atoms with Crippen LogP contribution in [-0.2, 0) is 12.7 Å². The zero-order valence-corrected chi connectivity index (χ0v) is 20.1. The van der Waals surface area contributed by atoms with Gasteiger partial charge in [-0.3, -0.25) is 9.89 Å². The summed E-state index contributed by atoms with van der Waals surface area (Å²) in [6.45, 7) is 7.03. The van der Waals surface area contributed by atoms with Crippen LogP contribution >= 0.6 is 24.0 Å². The summed E-state index contributed by atoms with van der Waals surface area (Å²) in [4.78, 5) is 11.3. The molecule has 9 heteroatoms. The molecule has 2 saturated heterocycles. The minimum atomic E-state index is -4.29. The van der Waals surface area contributed by atoms with Gasteiger partial charge in [-0.2, -0.15) is 13.2 Å². The fourth-order valence-corrected chi connectivity index (χ4v) is 4.23. The third kappa shape index (κ3) is 7.26.